The Morgan fingerprint density at radius 1 is 1.13 bits per heavy atom. The molecule has 9 heteroatoms. The van der Waals surface area contributed by atoms with E-state index in [2.05, 4.69) is 10.3 Å². The zero-order valence-electron chi connectivity index (χ0n) is 15.4. The average molecular weight is 407 g/mol. The topological polar surface area (TPSA) is 127 Å². The van der Waals surface area contributed by atoms with Crippen LogP contribution in [0.1, 0.15) is 11.1 Å². The highest BCUT2D eigenvalue weighted by atomic mass is 19.1. The van der Waals surface area contributed by atoms with Crippen LogP contribution < -0.4 is 21.5 Å². The fraction of sp³-hybridized carbons (Fsp3) is 0. The monoisotopic (exact) mass is 407 g/mol. The van der Waals surface area contributed by atoms with E-state index in [-0.39, 0.29) is 22.9 Å². The number of halogens is 2. The van der Waals surface area contributed by atoms with E-state index in [1.807, 2.05) is 6.07 Å². The number of nitrogen functional groups attached to an aromatic ring is 1. The number of rotatable bonds is 6. The van der Waals surface area contributed by atoms with Crippen molar-refractivity contribution in [3.63, 3.8) is 0 Å². The predicted octanol–water partition coefficient (Wildman–Crippen LogP) is 3.85. The Balaban J connectivity index is 1.84. The molecule has 0 atom stereocenters. The first-order valence-corrected chi connectivity index (χ1v) is 8.54. The van der Waals surface area contributed by atoms with E-state index < -0.39 is 23.3 Å². The lowest BCUT2D eigenvalue weighted by atomic mass is 10.2. The molecule has 0 saturated heterocycles. The van der Waals surface area contributed by atoms with Gasteiger partial charge in [-0.3, -0.25) is 4.79 Å². The van der Waals surface area contributed by atoms with Crippen molar-refractivity contribution in [3.8, 4) is 17.7 Å². The molecular formula is C21H15F2N5O2. The van der Waals surface area contributed by atoms with Crippen molar-refractivity contribution in [1.29, 1.82) is 5.26 Å². The molecular weight excluding hydrogens is 392 g/mol. The molecule has 150 valence electrons. The third-order valence-corrected chi connectivity index (χ3v) is 3.84. The van der Waals surface area contributed by atoms with Gasteiger partial charge in [0.05, 0.1) is 17.3 Å². The number of benzene rings is 2. The highest BCUT2D eigenvalue weighted by Crippen LogP contribution is 2.31. The van der Waals surface area contributed by atoms with Crippen LogP contribution in [0.4, 0.5) is 26.0 Å². The quantitative estimate of drug-likeness (QED) is 0.533. The van der Waals surface area contributed by atoms with Crippen LogP contribution in [0.3, 0.4) is 0 Å². The van der Waals surface area contributed by atoms with Crippen LogP contribution in [0.2, 0.25) is 0 Å². The van der Waals surface area contributed by atoms with Crippen LogP contribution in [0.15, 0.2) is 54.6 Å². The molecule has 0 radical (unpaired) electrons. The number of nitrogens with zero attached hydrogens (tertiary/aromatic N) is 2. The lowest BCUT2D eigenvalue weighted by Crippen LogP contribution is -2.05. The van der Waals surface area contributed by atoms with Gasteiger partial charge in [0.15, 0.2) is 17.5 Å². The zero-order chi connectivity index (χ0) is 21.7. The van der Waals surface area contributed by atoms with E-state index in [9.17, 15) is 13.6 Å². The maximum absolute atomic E-state index is 14.3. The summed E-state index contributed by atoms with van der Waals surface area (Å²) in [5.41, 5.74) is 12.3. The van der Waals surface area contributed by atoms with E-state index in [0.29, 0.717) is 11.3 Å². The summed E-state index contributed by atoms with van der Waals surface area (Å²) in [7, 11) is 0. The van der Waals surface area contributed by atoms with Gasteiger partial charge in [-0.25, -0.2) is 8.78 Å². The molecule has 1 heterocycles. The van der Waals surface area contributed by atoms with Gasteiger partial charge in [-0.15, -0.1) is 0 Å². The van der Waals surface area contributed by atoms with E-state index in [1.165, 1.54) is 18.2 Å². The van der Waals surface area contributed by atoms with Crippen LogP contribution >= 0.6 is 0 Å². The molecule has 0 fully saturated rings. The Kier molecular flexibility index (Phi) is 5.89. The minimum atomic E-state index is -0.987. The molecule has 7 nitrogen and oxygen atoms in total. The first kappa shape index (κ1) is 20.3. The lowest BCUT2D eigenvalue weighted by Gasteiger charge is -2.12. The summed E-state index contributed by atoms with van der Waals surface area (Å²) in [5, 5.41) is 11.8. The van der Waals surface area contributed by atoms with Crippen molar-refractivity contribution in [2.75, 3.05) is 11.1 Å². The number of ether oxygens (including phenoxy) is 1. The summed E-state index contributed by atoms with van der Waals surface area (Å²) >= 11 is 0. The number of nitriles is 1. The molecule has 0 spiro atoms. The van der Waals surface area contributed by atoms with Crippen molar-refractivity contribution in [2.45, 2.75) is 0 Å². The normalized spacial score (nSPS) is 10.6. The molecule has 0 aliphatic heterocycles. The first-order chi connectivity index (χ1) is 14.4. The van der Waals surface area contributed by atoms with Crippen LogP contribution in [-0.4, -0.2) is 10.9 Å². The minimum absolute atomic E-state index is 0.0985. The Bertz CT molecular complexity index is 1150. The smallest absolute Gasteiger partial charge is 0.241 e. The van der Waals surface area contributed by atoms with Crippen LogP contribution in [0.25, 0.3) is 6.08 Å². The largest absolute Gasteiger partial charge is 0.433 e. The maximum Gasteiger partial charge on any atom is 0.241 e. The number of aromatic nitrogens is 1. The van der Waals surface area contributed by atoms with Crippen LogP contribution in [0, 0.1) is 23.0 Å². The second kappa shape index (κ2) is 8.70. The molecule has 5 N–H and O–H groups in total. The van der Waals surface area contributed by atoms with E-state index in [0.717, 1.165) is 18.2 Å². The maximum atomic E-state index is 14.3. The van der Waals surface area contributed by atoms with Gasteiger partial charge >= 0.3 is 0 Å². The number of anilines is 3. The van der Waals surface area contributed by atoms with Crippen molar-refractivity contribution < 1.29 is 18.3 Å². The van der Waals surface area contributed by atoms with E-state index in [4.69, 9.17) is 21.5 Å². The SMILES string of the molecule is N#Cc1ccc(Nc2nc(Oc3c(F)cc(/C=C\C(N)=O)cc3F)ccc2N)cc1. The standard InChI is InChI=1S/C21H15F2N5O2/c22-15-9-13(3-7-18(26)29)10-16(23)20(15)30-19-8-6-17(25)21(28-19)27-14-4-1-12(11-24)2-5-14/h1-10H,25H2,(H2,26,29)(H,27,28)/b7-3-. The summed E-state index contributed by atoms with van der Waals surface area (Å²) in [5.74, 6) is -3.27. The number of carbonyl (C=O) groups excluding carboxylic acids is 1. The fourth-order valence-electron chi connectivity index (χ4n) is 2.43. The molecule has 1 aromatic heterocycles. The third kappa shape index (κ3) is 4.88. The summed E-state index contributed by atoms with van der Waals surface area (Å²) in [6.07, 6.45) is 2.16. The molecule has 1 amide bonds. The summed E-state index contributed by atoms with van der Waals surface area (Å²) < 4.78 is 33.9. The van der Waals surface area contributed by atoms with Crippen LogP contribution in [0.5, 0.6) is 11.6 Å². The van der Waals surface area contributed by atoms with Crippen LogP contribution in [-0.2, 0) is 4.79 Å². The van der Waals surface area contributed by atoms with Gasteiger partial charge in [-0.2, -0.15) is 10.2 Å². The van der Waals surface area contributed by atoms with Gasteiger partial charge in [0.25, 0.3) is 0 Å². The highest BCUT2D eigenvalue weighted by Gasteiger charge is 2.15. The minimum Gasteiger partial charge on any atom is -0.433 e. The summed E-state index contributed by atoms with van der Waals surface area (Å²) in [6, 6.07) is 13.3. The number of hydrogen-bond donors (Lipinski definition) is 3. The molecule has 30 heavy (non-hydrogen) atoms. The van der Waals surface area contributed by atoms with Gasteiger partial charge in [-0.1, -0.05) is 0 Å². The molecule has 0 saturated carbocycles. The Hall–Kier alpha value is -4.45. The number of primary amides is 1. The van der Waals surface area contributed by atoms with Gasteiger partial charge in [-0.05, 0) is 54.1 Å². The molecule has 3 rings (SSSR count). The van der Waals surface area contributed by atoms with E-state index in [1.54, 1.807) is 24.3 Å². The second-order valence-corrected chi connectivity index (χ2v) is 6.05. The molecule has 0 aliphatic rings. The van der Waals surface area contributed by atoms with Crippen molar-refractivity contribution in [3.05, 3.63) is 77.4 Å². The number of amides is 1. The van der Waals surface area contributed by atoms with Gasteiger partial charge in [0.1, 0.15) is 0 Å². The van der Waals surface area contributed by atoms with Gasteiger partial charge in [0, 0.05) is 17.8 Å². The molecule has 0 bridgehead atoms. The number of pyridine rings is 1. The van der Waals surface area contributed by atoms with Crippen molar-refractivity contribution in [1.82, 2.24) is 4.98 Å². The zero-order valence-corrected chi connectivity index (χ0v) is 15.4. The van der Waals surface area contributed by atoms with Gasteiger partial charge < -0.3 is 21.5 Å². The summed E-state index contributed by atoms with van der Waals surface area (Å²) in [4.78, 5) is 14.9. The number of carbonyl (C=O) groups is 1. The number of nitrogens with one attached hydrogen (secondary N) is 1. The Morgan fingerprint density at radius 3 is 2.40 bits per heavy atom. The second-order valence-electron chi connectivity index (χ2n) is 6.05. The Morgan fingerprint density at radius 2 is 1.80 bits per heavy atom. The lowest BCUT2D eigenvalue weighted by molar-refractivity contribution is -0.113. The van der Waals surface area contributed by atoms with Crippen molar-refractivity contribution >= 4 is 29.2 Å². The fourth-order valence-corrected chi connectivity index (χ4v) is 2.43. The molecule has 0 aliphatic carbocycles. The van der Waals surface area contributed by atoms with Crippen molar-refractivity contribution in [2.24, 2.45) is 5.73 Å². The number of hydrogen-bond acceptors (Lipinski definition) is 6. The highest BCUT2D eigenvalue weighted by molar-refractivity contribution is 5.90. The third-order valence-electron chi connectivity index (χ3n) is 3.84. The molecule has 2 aromatic carbocycles. The molecule has 3 aromatic rings. The summed E-state index contributed by atoms with van der Waals surface area (Å²) in [6.45, 7) is 0. The van der Waals surface area contributed by atoms with Gasteiger partial charge in [0.2, 0.25) is 17.5 Å². The first-order valence-electron chi connectivity index (χ1n) is 8.54. The molecule has 0 unspecified atom stereocenters. The average Bonchev–Trinajstić information content (AvgIpc) is 2.72. The van der Waals surface area contributed by atoms with E-state index >= 15 is 0 Å². The Labute approximate surface area is 170 Å². The number of nitrogens with two attached hydrogens (primary N) is 2. The predicted molar refractivity (Wildman–Crippen MR) is 108 cm³/mol.